The largest absolute Gasteiger partial charge is 0.508 e. The van der Waals surface area contributed by atoms with Gasteiger partial charge in [0.1, 0.15) is 17.9 Å². The van der Waals surface area contributed by atoms with E-state index in [0.717, 1.165) is 10.5 Å². The van der Waals surface area contributed by atoms with Crippen LogP contribution in [0.1, 0.15) is 11.1 Å². The third-order valence-electron chi connectivity index (χ3n) is 5.09. The van der Waals surface area contributed by atoms with Crippen molar-refractivity contribution in [1.29, 1.82) is 0 Å². The Labute approximate surface area is 210 Å². The number of barbiturate groups is 1. The fraction of sp³-hybridized carbons (Fsp3) is 0.0800. The van der Waals surface area contributed by atoms with Crippen LogP contribution in [0.25, 0.3) is 6.08 Å². The summed E-state index contributed by atoms with van der Waals surface area (Å²) in [6.07, 6.45) is 1.35. The van der Waals surface area contributed by atoms with E-state index in [2.05, 4.69) is 5.32 Å². The smallest absolute Gasteiger partial charge is 0.335 e. The first-order chi connectivity index (χ1) is 16.8. The third kappa shape index (κ3) is 5.24. The lowest BCUT2D eigenvalue weighted by molar-refractivity contribution is -0.122. The fourth-order valence-electron chi connectivity index (χ4n) is 3.34. The van der Waals surface area contributed by atoms with Crippen molar-refractivity contribution in [3.05, 3.63) is 87.4 Å². The van der Waals surface area contributed by atoms with Crippen molar-refractivity contribution < 1.29 is 29.0 Å². The number of halogens is 2. The maximum Gasteiger partial charge on any atom is 0.335 e. The molecule has 0 saturated carbocycles. The van der Waals surface area contributed by atoms with E-state index in [0.29, 0.717) is 27.1 Å². The molecule has 0 radical (unpaired) electrons. The number of phenolic OH excluding ortho intramolecular Hbond substituents is 1. The summed E-state index contributed by atoms with van der Waals surface area (Å²) in [5.74, 6) is -0.855. The summed E-state index contributed by atoms with van der Waals surface area (Å²) in [6, 6.07) is 14.6. The molecule has 1 heterocycles. The number of benzene rings is 3. The third-order valence-corrected chi connectivity index (χ3v) is 5.83. The van der Waals surface area contributed by atoms with Gasteiger partial charge in [0.25, 0.3) is 11.8 Å². The number of urea groups is 1. The molecular weight excluding hydrogens is 495 g/mol. The first-order valence-electron chi connectivity index (χ1n) is 10.2. The van der Waals surface area contributed by atoms with E-state index in [1.165, 1.54) is 37.5 Å². The molecule has 4 rings (SSSR count). The van der Waals surface area contributed by atoms with Gasteiger partial charge in [-0.05, 0) is 65.7 Å². The Morgan fingerprint density at radius 3 is 2.37 bits per heavy atom. The first kappa shape index (κ1) is 24.1. The zero-order valence-corrected chi connectivity index (χ0v) is 19.8. The number of imide groups is 2. The highest BCUT2D eigenvalue weighted by Gasteiger charge is 2.36. The monoisotopic (exact) mass is 512 g/mol. The number of hydrogen-bond donors (Lipinski definition) is 2. The summed E-state index contributed by atoms with van der Waals surface area (Å²) >= 11 is 12.0. The maximum atomic E-state index is 13.0. The van der Waals surface area contributed by atoms with E-state index in [-0.39, 0.29) is 23.6 Å². The minimum absolute atomic E-state index is 0.0287. The van der Waals surface area contributed by atoms with E-state index in [9.17, 15) is 19.5 Å². The fourth-order valence-corrected chi connectivity index (χ4v) is 3.66. The number of hydrogen-bond acceptors (Lipinski definition) is 6. The molecule has 2 N–H and O–H groups in total. The minimum Gasteiger partial charge on any atom is -0.508 e. The Morgan fingerprint density at radius 2 is 1.69 bits per heavy atom. The van der Waals surface area contributed by atoms with Gasteiger partial charge in [-0.1, -0.05) is 35.3 Å². The predicted molar refractivity (Wildman–Crippen MR) is 131 cm³/mol. The number of ether oxygens (including phenoxy) is 2. The molecule has 35 heavy (non-hydrogen) atoms. The lowest BCUT2D eigenvalue weighted by Crippen LogP contribution is -2.54. The highest BCUT2D eigenvalue weighted by atomic mass is 35.5. The highest BCUT2D eigenvalue weighted by molar-refractivity contribution is 6.42. The number of amides is 4. The maximum absolute atomic E-state index is 13.0. The van der Waals surface area contributed by atoms with Gasteiger partial charge in [-0.25, -0.2) is 9.69 Å². The van der Waals surface area contributed by atoms with Gasteiger partial charge in [-0.15, -0.1) is 0 Å². The lowest BCUT2D eigenvalue weighted by atomic mass is 10.1. The van der Waals surface area contributed by atoms with Crippen molar-refractivity contribution in [2.75, 3.05) is 12.0 Å². The van der Waals surface area contributed by atoms with Gasteiger partial charge in [-0.3, -0.25) is 14.9 Å². The SMILES string of the molecule is COc1cc(/C=C2\C(=O)NC(=O)N(c3ccc(O)cc3)C2=O)ccc1OCc1ccc(Cl)c(Cl)c1. The first-order valence-corrected chi connectivity index (χ1v) is 11.0. The van der Waals surface area contributed by atoms with Crippen LogP contribution in [0.5, 0.6) is 17.2 Å². The summed E-state index contributed by atoms with van der Waals surface area (Å²) < 4.78 is 11.2. The zero-order chi connectivity index (χ0) is 25.1. The Bertz CT molecular complexity index is 1350. The van der Waals surface area contributed by atoms with Gasteiger partial charge in [-0.2, -0.15) is 0 Å². The highest BCUT2D eigenvalue weighted by Crippen LogP contribution is 2.31. The molecule has 8 nitrogen and oxygen atoms in total. The molecule has 3 aromatic carbocycles. The van der Waals surface area contributed by atoms with Crippen LogP contribution in [0.15, 0.2) is 66.2 Å². The number of rotatable bonds is 6. The Hall–Kier alpha value is -4.01. The van der Waals surface area contributed by atoms with Gasteiger partial charge >= 0.3 is 6.03 Å². The molecular formula is C25H18Cl2N2O6. The number of nitrogens with one attached hydrogen (secondary N) is 1. The van der Waals surface area contributed by atoms with Crippen molar-refractivity contribution in [2.45, 2.75) is 6.61 Å². The average molecular weight is 513 g/mol. The predicted octanol–water partition coefficient (Wildman–Crippen LogP) is 4.95. The van der Waals surface area contributed by atoms with Crippen LogP contribution in [-0.2, 0) is 16.2 Å². The second-order valence-corrected chi connectivity index (χ2v) is 8.24. The second kappa shape index (κ2) is 10.1. The number of phenols is 1. The molecule has 4 amide bonds. The van der Waals surface area contributed by atoms with Crippen LogP contribution in [0.2, 0.25) is 10.0 Å². The molecule has 10 heteroatoms. The van der Waals surface area contributed by atoms with Crippen LogP contribution in [0.3, 0.4) is 0 Å². The van der Waals surface area contributed by atoms with Gasteiger partial charge in [0.05, 0.1) is 22.8 Å². The molecule has 0 aromatic heterocycles. The quantitative estimate of drug-likeness (QED) is 0.357. The summed E-state index contributed by atoms with van der Waals surface area (Å²) in [6.45, 7) is 0.207. The van der Waals surface area contributed by atoms with Crippen LogP contribution in [0, 0.1) is 0 Å². The second-order valence-electron chi connectivity index (χ2n) is 7.42. The summed E-state index contributed by atoms with van der Waals surface area (Å²) in [7, 11) is 1.46. The summed E-state index contributed by atoms with van der Waals surface area (Å²) in [5, 5.41) is 12.5. The molecule has 1 fully saturated rings. The Balaban J connectivity index is 1.58. The molecule has 1 aliphatic heterocycles. The summed E-state index contributed by atoms with van der Waals surface area (Å²) in [5.41, 5.74) is 1.23. The number of carbonyl (C=O) groups excluding carboxylic acids is 3. The molecule has 178 valence electrons. The zero-order valence-electron chi connectivity index (χ0n) is 18.2. The number of methoxy groups -OCH3 is 1. The van der Waals surface area contributed by atoms with Gasteiger partial charge in [0.2, 0.25) is 0 Å². The summed E-state index contributed by atoms with van der Waals surface area (Å²) in [4.78, 5) is 38.5. The molecule has 0 unspecified atom stereocenters. The van der Waals surface area contributed by atoms with Gasteiger partial charge in [0.15, 0.2) is 11.5 Å². The van der Waals surface area contributed by atoms with Crippen molar-refractivity contribution in [1.82, 2.24) is 5.32 Å². The van der Waals surface area contributed by atoms with Crippen molar-refractivity contribution in [3.8, 4) is 17.2 Å². The van der Waals surface area contributed by atoms with Crippen molar-refractivity contribution in [3.63, 3.8) is 0 Å². The van der Waals surface area contributed by atoms with E-state index < -0.39 is 17.8 Å². The molecule has 1 saturated heterocycles. The van der Waals surface area contributed by atoms with Crippen LogP contribution in [-0.4, -0.2) is 30.1 Å². The Morgan fingerprint density at radius 1 is 0.943 bits per heavy atom. The molecule has 0 aliphatic carbocycles. The number of carbonyl (C=O) groups is 3. The van der Waals surface area contributed by atoms with E-state index >= 15 is 0 Å². The lowest BCUT2D eigenvalue weighted by Gasteiger charge is -2.26. The molecule has 3 aromatic rings. The van der Waals surface area contributed by atoms with Gasteiger partial charge in [0, 0.05) is 0 Å². The van der Waals surface area contributed by atoms with E-state index in [4.69, 9.17) is 32.7 Å². The minimum atomic E-state index is -0.883. The standard InChI is InChI=1S/C25H18Cl2N2O6/c1-34-22-12-14(3-9-21(22)35-13-15-2-8-19(26)20(27)11-15)10-18-23(31)28-25(33)29(24(18)32)16-4-6-17(30)7-5-16/h2-12,30H,13H2,1H3,(H,28,31,33)/b18-10+. The molecule has 0 spiro atoms. The van der Waals surface area contributed by atoms with E-state index in [1.807, 2.05) is 0 Å². The topological polar surface area (TPSA) is 105 Å². The average Bonchev–Trinajstić information content (AvgIpc) is 2.84. The molecule has 0 bridgehead atoms. The normalized spacial score (nSPS) is 14.8. The number of aromatic hydroxyl groups is 1. The van der Waals surface area contributed by atoms with E-state index in [1.54, 1.807) is 36.4 Å². The van der Waals surface area contributed by atoms with Crippen molar-refractivity contribution >= 4 is 52.8 Å². The van der Waals surface area contributed by atoms with Crippen LogP contribution in [0.4, 0.5) is 10.5 Å². The number of nitrogens with zero attached hydrogens (tertiary/aromatic N) is 1. The van der Waals surface area contributed by atoms with Crippen molar-refractivity contribution in [2.24, 2.45) is 0 Å². The van der Waals surface area contributed by atoms with Crippen LogP contribution < -0.4 is 19.7 Å². The van der Waals surface area contributed by atoms with Gasteiger partial charge < -0.3 is 14.6 Å². The molecule has 1 aliphatic rings. The van der Waals surface area contributed by atoms with Crippen LogP contribution >= 0.6 is 23.2 Å². The number of anilines is 1. The Kier molecular flexibility index (Phi) is 6.95. The molecule has 0 atom stereocenters.